The van der Waals surface area contributed by atoms with Gasteiger partial charge in [-0.3, -0.25) is 14.0 Å². The highest BCUT2D eigenvalue weighted by Crippen LogP contribution is 2.22. The molecule has 1 amide bonds. The molecule has 0 radical (unpaired) electrons. The number of carbonyl (C=O) groups excluding carboxylic acids is 1. The molecule has 0 spiro atoms. The third-order valence-electron chi connectivity index (χ3n) is 5.27. The molecule has 3 aromatic heterocycles. The van der Waals surface area contributed by atoms with Crippen molar-refractivity contribution < 1.29 is 9.21 Å². The van der Waals surface area contributed by atoms with E-state index in [0.717, 1.165) is 31.2 Å². The molecule has 0 bridgehead atoms. The normalized spacial score (nSPS) is 15.9. The number of fused-ring (bicyclic) bond motifs is 3. The second-order valence-corrected chi connectivity index (χ2v) is 6.84. The van der Waals surface area contributed by atoms with Gasteiger partial charge in [0.2, 0.25) is 5.91 Å². The van der Waals surface area contributed by atoms with E-state index in [1.807, 2.05) is 20.0 Å². The van der Waals surface area contributed by atoms with Gasteiger partial charge in [-0.15, -0.1) is 0 Å². The number of furan rings is 1. The first-order chi connectivity index (χ1) is 12.1. The molecule has 0 atom stereocenters. The largest absolute Gasteiger partial charge is 0.463 e. The van der Waals surface area contributed by atoms with Gasteiger partial charge in [-0.1, -0.05) is 19.3 Å². The second kappa shape index (κ2) is 6.06. The van der Waals surface area contributed by atoms with Gasteiger partial charge in [-0.25, -0.2) is 4.68 Å². The Balaban J connectivity index is 1.66. The highest BCUT2D eigenvalue weighted by molar-refractivity contribution is 5.82. The summed E-state index contributed by atoms with van der Waals surface area (Å²) in [6.07, 6.45) is 7.23. The van der Waals surface area contributed by atoms with Crippen molar-refractivity contribution in [1.29, 1.82) is 0 Å². The van der Waals surface area contributed by atoms with Crippen molar-refractivity contribution in [1.82, 2.24) is 19.1 Å². The van der Waals surface area contributed by atoms with Crippen molar-refractivity contribution >= 4 is 22.5 Å². The molecule has 4 rings (SSSR count). The molecule has 1 fully saturated rings. The standard InChI is InChI=1S/C18H22N4O3/c1-12-19-21(11-17(23)20(2)13-6-4-3-5-7-13)18(24)15-10-16-14(22(12)15)8-9-25-16/h8-10,13H,3-7,11H2,1-2H3. The van der Waals surface area contributed by atoms with Crippen molar-refractivity contribution in [3.8, 4) is 0 Å². The molecule has 0 aromatic carbocycles. The summed E-state index contributed by atoms with van der Waals surface area (Å²) < 4.78 is 8.42. The Bertz CT molecular complexity index is 991. The van der Waals surface area contributed by atoms with E-state index in [0.29, 0.717) is 16.9 Å². The van der Waals surface area contributed by atoms with Gasteiger partial charge in [0.15, 0.2) is 5.58 Å². The van der Waals surface area contributed by atoms with Crippen LogP contribution in [0.3, 0.4) is 0 Å². The molecule has 0 aliphatic heterocycles. The van der Waals surface area contributed by atoms with E-state index >= 15 is 0 Å². The van der Waals surface area contributed by atoms with Crippen molar-refractivity contribution in [2.75, 3.05) is 7.05 Å². The van der Waals surface area contributed by atoms with Gasteiger partial charge in [-0.2, -0.15) is 5.10 Å². The minimum atomic E-state index is -0.276. The van der Waals surface area contributed by atoms with E-state index < -0.39 is 0 Å². The molecular weight excluding hydrogens is 320 g/mol. The zero-order valence-electron chi connectivity index (χ0n) is 14.6. The molecule has 7 nitrogen and oxygen atoms in total. The number of likely N-dealkylation sites (N-methyl/N-ethyl adjacent to an activating group) is 1. The fourth-order valence-electron chi connectivity index (χ4n) is 3.85. The van der Waals surface area contributed by atoms with Gasteiger partial charge in [0.1, 0.15) is 17.9 Å². The Labute approximate surface area is 144 Å². The summed E-state index contributed by atoms with van der Waals surface area (Å²) in [5.41, 5.74) is 1.66. The average Bonchev–Trinajstić information content (AvgIpc) is 3.20. The van der Waals surface area contributed by atoms with E-state index in [9.17, 15) is 9.59 Å². The maximum atomic E-state index is 12.7. The van der Waals surface area contributed by atoms with Gasteiger partial charge in [0, 0.05) is 25.2 Å². The molecule has 0 saturated heterocycles. The number of rotatable bonds is 3. The molecule has 1 aliphatic rings. The van der Waals surface area contributed by atoms with Crippen molar-refractivity contribution in [2.45, 2.75) is 51.6 Å². The van der Waals surface area contributed by atoms with Crippen molar-refractivity contribution in [3.63, 3.8) is 0 Å². The van der Waals surface area contributed by atoms with E-state index in [1.165, 1.54) is 11.1 Å². The predicted octanol–water partition coefficient (Wildman–Crippen LogP) is 2.34. The van der Waals surface area contributed by atoms with Gasteiger partial charge in [0.05, 0.1) is 11.8 Å². The number of hydrogen-bond acceptors (Lipinski definition) is 4. The Kier molecular flexibility index (Phi) is 3.86. The van der Waals surface area contributed by atoms with E-state index in [2.05, 4.69) is 5.10 Å². The number of nitrogens with zero attached hydrogens (tertiary/aromatic N) is 4. The van der Waals surface area contributed by atoms with Gasteiger partial charge >= 0.3 is 0 Å². The Morgan fingerprint density at radius 3 is 2.84 bits per heavy atom. The molecule has 0 unspecified atom stereocenters. The lowest BCUT2D eigenvalue weighted by Gasteiger charge is -2.31. The molecule has 25 heavy (non-hydrogen) atoms. The van der Waals surface area contributed by atoms with Crippen LogP contribution in [0.5, 0.6) is 0 Å². The third kappa shape index (κ3) is 2.63. The summed E-state index contributed by atoms with van der Waals surface area (Å²) >= 11 is 0. The summed E-state index contributed by atoms with van der Waals surface area (Å²) in [7, 11) is 1.83. The van der Waals surface area contributed by atoms with Crippen LogP contribution >= 0.6 is 0 Å². The number of amides is 1. The number of aromatic nitrogens is 3. The topological polar surface area (TPSA) is 72.8 Å². The van der Waals surface area contributed by atoms with Crippen LogP contribution in [0.25, 0.3) is 16.6 Å². The van der Waals surface area contributed by atoms with E-state index in [1.54, 1.807) is 21.6 Å². The lowest BCUT2D eigenvalue weighted by molar-refractivity contribution is -0.133. The van der Waals surface area contributed by atoms with Crippen LogP contribution in [-0.4, -0.2) is 38.1 Å². The predicted molar refractivity (Wildman–Crippen MR) is 93.6 cm³/mol. The Hall–Kier alpha value is -2.57. The maximum absolute atomic E-state index is 12.7. The zero-order valence-corrected chi connectivity index (χ0v) is 14.6. The second-order valence-electron chi connectivity index (χ2n) is 6.84. The Morgan fingerprint density at radius 2 is 2.08 bits per heavy atom. The summed E-state index contributed by atoms with van der Waals surface area (Å²) in [5, 5.41) is 4.35. The van der Waals surface area contributed by atoms with Crippen LogP contribution in [0.1, 0.15) is 37.9 Å². The molecular formula is C18H22N4O3. The minimum Gasteiger partial charge on any atom is -0.463 e. The monoisotopic (exact) mass is 342 g/mol. The molecule has 3 heterocycles. The summed E-state index contributed by atoms with van der Waals surface area (Å²) in [6.45, 7) is 1.79. The minimum absolute atomic E-state index is 0.0320. The summed E-state index contributed by atoms with van der Waals surface area (Å²) in [5.74, 6) is 0.583. The first-order valence-electron chi connectivity index (χ1n) is 8.78. The molecule has 0 N–H and O–H groups in total. The quantitative estimate of drug-likeness (QED) is 0.732. The van der Waals surface area contributed by atoms with Crippen LogP contribution in [0.2, 0.25) is 0 Å². The first kappa shape index (κ1) is 15.9. The van der Waals surface area contributed by atoms with E-state index in [4.69, 9.17) is 4.42 Å². The summed E-state index contributed by atoms with van der Waals surface area (Å²) in [6, 6.07) is 3.79. The smallest absolute Gasteiger partial charge is 0.291 e. The van der Waals surface area contributed by atoms with Crippen LogP contribution in [0.4, 0.5) is 0 Å². The van der Waals surface area contributed by atoms with Crippen LogP contribution in [0, 0.1) is 6.92 Å². The zero-order chi connectivity index (χ0) is 17.6. The average molecular weight is 342 g/mol. The van der Waals surface area contributed by atoms with Gasteiger partial charge in [0.25, 0.3) is 5.56 Å². The number of carbonyl (C=O) groups is 1. The Morgan fingerprint density at radius 1 is 1.32 bits per heavy atom. The van der Waals surface area contributed by atoms with Gasteiger partial charge in [-0.05, 0) is 19.8 Å². The van der Waals surface area contributed by atoms with Crippen molar-refractivity contribution in [2.24, 2.45) is 0 Å². The molecule has 7 heteroatoms. The van der Waals surface area contributed by atoms with Crippen LogP contribution < -0.4 is 5.56 Å². The number of hydrogen-bond donors (Lipinski definition) is 0. The highest BCUT2D eigenvalue weighted by Gasteiger charge is 2.23. The SMILES string of the molecule is Cc1nn(CC(=O)N(C)C2CCCCC2)c(=O)c2cc3occc3n12. The molecule has 1 aliphatic carbocycles. The van der Waals surface area contributed by atoms with Crippen LogP contribution in [0.15, 0.2) is 27.6 Å². The van der Waals surface area contributed by atoms with E-state index in [-0.39, 0.29) is 24.1 Å². The number of aryl methyl sites for hydroxylation is 1. The lowest BCUT2D eigenvalue weighted by atomic mass is 9.94. The third-order valence-corrected chi connectivity index (χ3v) is 5.27. The highest BCUT2D eigenvalue weighted by atomic mass is 16.3. The first-order valence-corrected chi connectivity index (χ1v) is 8.78. The lowest BCUT2D eigenvalue weighted by Crippen LogP contribution is -2.42. The maximum Gasteiger partial charge on any atom is 0.291 e. The fourth-order valence-corrected chi connectivity index (χ4v) is 3.85. The molecule has 3 aromatic rings. The molecule has 1 saturated carbocycles. The van der Waals surface area contributed by atoms with Crippen LogP contribution in [-0.2, 0) is 11.3 Å². The fraction of sp³-hybridized carbons (Fsp3) is 0.500. The summed E-state index contributed by atoms with van der Waals surface area (Å²) in [4.78, 5) is 27.2. The van der Waals surface area contributed by atoms with Gasteiger partial charge < -0.3 is 9.32 Å². The van der Waals surface area contributed by atoms with Crippen molar-refractivity contribution in [3.05, 3.63) is 34.6 Å². The molecule has 132 valence electrons.